The molecule has 0 aromatic heterocycles. The summed E-state index contributed by atoms with van der Waals surface area (Å²) < 4.78 is 0. The fourth-order valence-corrected chi connectivity index (χ4v) is 3.85. The Morgan fingerprint density at radius 1 is 0.903 bits per heavy atom. The van der Waals surface area contributed by atoms with Gasteiger partial charge in [0.1, 0.15) is 6.07 Å². The Labute approximate surface area is 183 Å². The van der Waals surface area contributed by atoms with Crippen LogP contribution in [0.15, 0.2) is 78.9 Å². The molecule has 31 heavy (non-hydrogen) atoms. The second-order valence-electron chi connectivity index (χ2n) is 7.70. The minimum atomic E-state index is -0.262. The van der Waals surface area contributed by atoms with Gasteiger partial charge >= 0.3 is 0 Å². The van der Waals surface area contributed by atoms with Gasteiger partial charge in [-0.1, -0.05) is 48.5 Å². The molecule has 1 aliphatic heterocycles. The van der Waals surface area contributed by atoms with Crippen molar-refractivity contribution in [2.45, 2.75) is 19.3 Å². The van der Waals surface area contributed by atoms with Gasteiger partial charge in [0.05, 0.1) is 11.3 Å². The van der Waals surface area contributed by atoms with Gasteiger partial charge in [0.2, 0.25) is 5.91 Å². The number of nitrogens with one attached hydrogen (secondary N) is 1. The van der Waals surface area contributed by atoms with E-state index >= 15 is 0 Å². The first kappa shape index (κ1) is 20.4. The third-order valence-corrected chi connectivity index (χ3v) is 5.55. The number of rotatable bonds is 5. The second kappa shape index (κ2) is 9.77. The summed E-state index contributed by atoms with van der Waals surface area (Å²) >= 11 is 0. The second-order valence-corrected chi connectivity index (χ2v) is 7.70. The van der Waals surface area contributed by atoms with Crippen LogP contribution >= 0.6 is 0 Å². The van der Waals surface area contributed by atoms with Gasteiger partial charge in [-0.3, -0.25) is 4.79 Å². The molecule has 4 heteroatoms. The van der Waals surface area contributed by atoms with Crippen LogP contribution in [0.25, 0.3) is 17.2 Å². The van der Waals surface area contributed by atoms with E-state index in [0.29, 0.717) is 11.3 Å². The number of nitriles is 1. The van der Waals surface area contributed by atoms with Crippen molar-refractivity contribution in [3.05, 3.63) is 90.0 Å². The minimum absolute atomic E-state index is 0.262. The molecule has 1 amide bonds. The topological polar surface area (TPSA) is 56.1 Å². The number of carbonyl (C=O) groups excluding carboxylic acids is 1. The molecule has 0 atom stereocenters. The average Bonchev–Trinajstić information content (AvgIpc) is 2.84. The molecule has 1 aliphatic rings. The first-order valence-electron chi connectivity index (χ1n) is 10.7. The van der Waals surface area contributed by atoms with Gasteiger partial charge in [0, 0.05) is 24.9 Å². The van der Waals surface area contributed by atoms with Gasteiger partial charge in [-0.05, 0) is 66.3 Å². The van der Waals surface area contributed by atoms with Crippen LogP contribution in [0.1, 0.15) is 30.4 Å². The molecular weight excluding hydrogens is 382 g/mol. The zero-order valence-electron chi connectivity index (χ0n) is 17.4. The summed E-state index contributed by atoms with van der Waals surface area (Å²) in [5.74, 6) is -0.262. The predicted molar refractivity (Wildman–Crippen MR) is 127 cm³/mol. The first-order chi connectivity index (χ1) is 15.2. The lowest BCUT2D eigenvalue weighted by atomic mass is 10.0. The van der Waals surface area contributed by atoms with Crippen molar-refractivity contribution in [3.8, 4) is 17.2 Å². The highest BCUT2D eigenvalue weighted by molar-refractivity contribution is 6.03. The number of piperidine rings is 1. The van der Waals surface area contributed by atoms with E-state index in [1.54, 1.807) is 12.1 Å². The zero-order chi connectivity index (χ0) is 21.5. The Kier molecular flexibility index (Phi) is 6.44. The quantitative estimate of drug-likeness (QED) is 0.538. The van der Waals surface area contributed by atoms with Crippen LogP contribution in [0.2, 0.25) is 0 Å². The number of hydrogen-bond donors (Lipinski definition) is 1. The summed E-state index contributed by atoms with van der Waals surface area (Å²) in [7, 11) is 0. The van der Waals surface area contributed by atoms with Crippen molar-refractivity contribution in [2.75, 3.05) is 23.3 Å². The fraction of sp³-hybridized carbons (Fsp3) is 0.185. The molecule has 0 aliphatic carbocycles. The van der Waals surface area contributed by atoms with Crippen molar-refractivity contribution in [2.24, 2.45) is 0 Å². The van der Waals surface area contributed by atoms with Crippen LogP contribution in [0.5, 0.6) is 0 Å². The van der Waals surface area contributed by atoms with E-state index in [1.165, 1.54) is 31.0 Å². The summed E-state index contributed by atoms with van der Waals surface area (Å²) in [6.07, 6.45) is 7.11. The Morgan fingerprint density at radius 3 is 2.35 bits per heavy atom. The van der Waals surface area contributed by atoms with E-state index < -0.39 is 0 Å². The van der Waals surface area contributed by atoms with Crippen LogP contribution in [0.3, 0.4) is 0 Å². The Balaban J connectivity index is 1.44. The first-order valence-corrected chi connectivity index (χ1v) is 10.7. The van der Waals surface area contributed by atoms with E-state index in [1.807, 2.05) is 54.6 Å². The monoisotopic (exact) mass is 407 g/mol. The normalized spacial score (nSPS) is 13.7. The molecule has 0 radical (unpaired) electrons. The van der Waals surface area contributed by atoms with E-state index in [0.717, 1.165) is 29.8 Å². The number of amides is 1. The highest BCUT2D eigenvalue weighted by Crippen LogP contribution is 2.25. The minimum Gasteiger partial charge on any atom is -0.372 e. The third kappa shape index (κ3) is 5.21. The van der Waals surface area contributed by atoms with Crippen LogP contribution in [-0.4, -0.2) is 19.0 Å². The molecule has 4 rings (SSSR count). The Hall–Kier alpha value is -3.84. The van der Waals surface area contributed by atoms with Crippen molar-refractivity contribution in [3.63, 3.8) is 0 Å². The largest absolute Gasteiger partial charge is 0.372 e. The van der Waals surface area contributed by atoms with Crippen LogP contribution < -0.4 is 10.2 Å². The Morgan fingerprint density at radius 2 is 1.65 bits per heavy atom. The maximum atomic E-state index is 12.5. The lowest BCUT2D eigenvalue weighted by molar-refractivity contribution is -0.111. The van der Waals surface area contributed by atoms with E-state index in [9.17, 15) is 10.1 Å². The molecule has 3 aromatic rings. The predicted octanol–water partition coefficient (Wildman–Crippen LogP) is 5.87. The molecule has 0 unspecified atom stereocenters. The maximum Gasteiger partial charge on any atom is 0.248 e. The van der Waals surface area contributed by atoms with Crippen molar-refractivity contribution in [1.29, 1.82) is 5.26 Å². The number of nitrogens with zero attached hydrogens (tertiary/aromatic N) is 2. The van der Waals surface area contributed by atoms with Crippen molar-refractivity contribution in [1.82, 2.24) is 0 Å². The third-order valence-electron chi connectivity index (χ3n) is 5.55. The lowest BCUT2D eigenvalue weighted by Gasteiger charge is -2.28. The maximum absolute atomic E-state index is 12.5. The molecule has 0 saturated carbocycles. The fourth-order valence-electron chi connectivity index (χ4n) is 3.85. The molecule has 1 N–H and O–H groups in total. The summed E-state index contributed by atoms with van der Waals surface area (Å²) in [4.78, 5) is 14.9. The van der Waals surface area contributed by atoms with Gasteiger partial charge in [0.15, 0.2) is 0 Å². The molecule has 0 spiro atoms. The van der Waals surface area contributed by atoms with Crippen molar-refractivity contribution >= 4 is 23.4 Å². The van der Waals surface area contributed by atoms with E-state index in [-0.39, 0.29) is 5.91 Å². The summed E-state index contributed by atoms with van der Waals surface area (Å²) in [5.41, 5.74) is 5.14. The molecule has 4 nitrogen and oxygen atoms in total. The molecule has 1 fully saturated rings. The highest BCUT2D eigenvalue weighted by Gasteiger charge is 2.10. The number of anilines is 2. The smallest absolute Gasteiger partial charge is 0.248 e. The number of carbonyl (C=O) groups is 1. The van der Waals surface area contributed by atoms with Gasteiger partial charge < -0.3 is 10.2 Å². The molecule has 0 bridgehead atoms. The summed E-state index contributed by atoms with van der Waals surface area (Å²) in [5, 5.41) is 12.3. The molecule has 154 valence electrons. The van der Waals surface area contributed by atoms with Gasteiger partial charge in [-0.2, -0.15) is 5.26 Å². The summed E-state index contributed by atoms with van der Waals surface area (Å²) in [6, 6.07) is 25.8. The van der Waals surface area contributed by atoms with Crippen molar-refractivity contribution < 1.29 is 4.79 Å². The SMILES string of the molecule is N#Cc1ccc(-c2ccccc2)cc1NC(=O)/C=C/c1ccc(N2CCCCC2)cc1. The van der Waals surface area contributed by atoms with Crippen LogP contribution in [-0.2, 0) is 4.79 Å². The molecule has 1 heterocycles. The lowest BCUT2D eigenvalue weighted by Crippen LogP contribution is -2.29. The molecule has 1 saturated heterocycles. The molecular formula is C27H25N3O. The van der Waals surface area contributed by atoms with Gasteiger partial charge in [0.25, 0.3) is 0 Å². The number of benzene rings is 3. The molecule has 3 aromatic carbocycles. The zero-order valence-corrected chi connectivity index (χ0v) is 17.4. The number of hydrogen-bond acceptors (Lipinski definition) is 3. The summed E-state index contributed by atoms with van der Waals surface area (Å²) in [6.45, 7) is 2.22. The van der Waals surface area contributed by atoms with E-state index in [2.05, 4.69) is 28.4 Å². The van der Waals surface area contributed by atoms with Gasteiger partial charge in [-0.25, -0.2) is 0 Å². The Bertz CT molecular complexity index is 1110. The van der Waals surface area contributed by atoms with Crippen LogP contribution in [0.4, 0.5) is 11.4 Å². The average molecular weight is 408 g/mol. The standard InChI is InChI=1S/C27H25N3O/c28-20-24-13-12-23(22-7-3-1-4-8-22)19-26(24)29-27(31)16-11-21-9-14-25(15-10-21)30-17-5-2-6-18-30/h1,3-4,7-16,19H,2,5-6,17-18H2,(H,29,31)/b16-11+. The highest BCUT2D eigenvalue weighted by atomic mass is 16.1. The van der Waals surface area contributed by atoms with Gasteiger partial charge in [-0.15, -0.1) is 0 Å². The van der Waals surface area contributed by atoms with Crippen LogP contribution in [0, 0.1) is 11.3 Å². The van der Waals surface area contributed by atoms with E-state index in [4.69, 9.17) is 0 Å².